The fourth-order valence-electron chi connectivity index (χ4n) is 2.11. The molecule has 4 nitrogen and oxygen atoms in total. The van der Waals surface area contributed by atoms with Gasteiger partial charge in [-0.25, -0.2) is 8.42 Å². The monoisotopic (exact) mass is 373 g/mol. The van der Waals surface area contributed by atoms with Crippen molar-refractivity contribution >= 4 is 48.9 Å². The predicted molar refractivity (Wildman–Crippen MR) is 75.6 cm³/mol. The lowest BCUT2D eigenvalue weighted by atomic mass is 10.0. The van der Waals surface area contributed by atoms with Crippen LogP contribution in [0.2, 0.25) is 5.02 Å². The molecule has 0 amide bonds. The summed E-state index contributed by atoms with van der Waals surface area (Å²) in [5.74, 6) is 0.170. The molecule has 0 spiro atoms. The smallest absolute Gasteiger partial charge is 0.252 e. The summed E-state index contributed by atoms with van der Waals surface area (Å²) in [4.78, 5) is 0. The van der Waals surface area contributed by atoms with Crippen LogP contribution in [-0.4, -0.2) is 37.0 Å². The van der Waals surface area contributed by atoms with E-state index >= 15 is 0 Å². The van der Waals surface area contributed by atoms with Crippen molar-refractivity contribution in [2.24, 2.45) is 5.92 Å². The highest BCUT2D eigenvalue weighted by molar-refractivity contribution is 9.11. The highest BCUT2D eigenvalue weighted by atomic mass is 79.9. The largest absolute Gasteiger partial charge is 0.395 e. The average molecular weight is 375 g/mol. The van der Waals surface area contributed by atoms with E-state index in [4.69, 9.17) is 11.6 Å². The molecule has 1 fully saturated rings. The van der Waals surface area contributed by atoms with Crippen LogP contribution in [0.1, 0.15) is 13.3 Å². The van der Waals surface area contributed by atoms with Gasteiger partial charge in [-0.15, -0.1) is 11.3 Å². The summed E-state index contributed by atoms with van der Waals surface area (Å²) >= 11 is 10.2. The van der Waals surface area contributed by atoms with Gasteiger partial charge in [0.2, 0.25) is 0 Å². The van der Waals surface area contributed by atoms with E-state index < -0.39 is 10.0 Å². The van der Waals surface area contributed by atoms with E-state index in [1.54, 1.807) is 0 Å². The fraction of sp³-hybridized carbons (Fsp3) is 0.600. The molecule has 0 radical (unpaired) electrons. The van der Waals surface area contributed by atoms with E-state index in [9.17, 15) is 13.5 Å². The van der Waals surface area contributed by atoms with Crippen molar-refractivity contribution in [3.05, 3.63) is 14.9 Å². The Labute approximate surface area is 124 Å². The second kappa shape index (κ2) is 5.38. The van der Waals surface area contributed by atoms with Gasteiger partial charge in [0.25, 0.3) is 10.0 Å². The molecule has 2 unspecified atom stereocenters. The Hall–Kier alpha value is 0.340. The van der Waals surface area contributed by atoms with Gasteiger partial charge in [-0.3, -0.25) is 0 Å². The molecule has 1 aromatic heterocycles. The Morgan fingerprint density at radius 3 is 2.83 bits per heavy atom. The number of nitrogens with zero attached hydrogens (tertiary/aromatic N) is 1. The van der Waals surface area contributed by atoms with Crippen LogP contribution in [0.5, 0.6) is 0 Å². The van der Waals surface area contributed by atoms with Gasteiger partial charge in [0.05, 0.1) is 21.5 Å². The normalized spacial score (nSPS) is 25.8. The van der Waals surface area contributed by atoms with E-state index in [-0.39, 0.29) is 22.8 Å². The fourth-order valence-corrected chi connectivity index (χ4v) is 6.37. The summed E-state index contributed by atoms with van der Waals surface area (Å²) in [7, 11) is -3.56. The van der Waals surface area contributed by atoms with Crippen molar-refractivity contribution in [2.75, 3.05) is 13.2 Å². The van der Waals surface area contributed by atoms with Crippen LogP contribution >= 0.6 is 38.9 Å². The first-order valence-electron chi connectivity index (χ1n) is 5.45. The van der Waals surface area contributed by atoms with Crippen LogP contribution in [0.15, 0.2) is 14.1 Å². The summed E-state index contributed by atoms with van der Waals surface area (Å²) in [6.07, 6.45) is 0.769. The van der Waals surface area contributed by atoms with Gasteiger partial charge in [-0.2, -0.15) is 4.31 Å². The van der Waals surface area contributed by atoms with Crippen LogP contribution in [-0.2, 0) is 10.0 Å². The molecule has 0 bridgehead atoms. The zero-order valence-electron chi connectivity index (χ0n) is 9.64. The van der Waals surface area contributed by atoms with E-state index in [0.29, 0.717) is 15.4 Å². The molecule has 1 aromatic rings. The first-order valence-corrected chi connectivity index (χ1v) is 8.88. The third-order valence-corrected chi connectivity index (χ3v) is 8.05. The van der Waals surface area contributed by atoms with Gasteiger partial charge in [-0.05, 0) is 34.3 Å². The minimum absolute atomic E-state index is 0.152. The van der Waals surface area contributed by atoms with E-state index in [1.165, 1.54) is 10.4 Å². The minimum Gasteiger partial charge on any atom is -0.395 e. The number of sulfonamides is 1. The third kappa shape index (κ3) is 2.48. The van der Waals surface area contributed by atoms with Crippen molar-refractivity contribution in [1.29, 1.82) is 0 Å². The number of aliphatic hydroxyl groups excluding tert-OH is 1. The molecule has 2 heterocycles. The lowest BCUT2D eigenvalue weighted by Gasteiger charge is -2.23. The molecular weight excluding hydrogens is 362 g/mol. The Bertz CT molecular complexity index is 526. The first-order chi connectivity index (χ1) is 8.37. The van der Waals surface area contributed by atoms with Gasteiger partial charge in [0.15, 0.2) is 0 Å². The summed E-state index contributed by atoms with van der Waals surface area (Å²) in [6.45, 7) is 2.25. The Kier molecular flexibility index (Phi) is 4.40. The number of hydrogen-bond acceptors (Lipinski definition) is 4. The summed E-state index contributed by atoms with van der Waals surface area (Å²) in [5, 5.41) is 9.73. The highest BCUT2D eigenvalue weighted by Crippen LogP contribution is 2.38. The van der Waals surface area contributed by atoms with Gasteiger partial charge in [0.1, 0.15) is 4.21 Å². The van der Waals surface area contributed by atoms with Crippen molar-refractivity contribution in [1.82, 2.24) is 4.31 Å². The molecule has 2 atom stereocenters. The van der Waals surface area contributed by atoms with Gasteiger partial charge >= 0.3 is 0 Å². The molecule has 1 saturated heterocycles. The van der Waals surface area contributed by atoms with Crippen molar-refractivity contribution in [2.45, 2.75) is 23.6 Å². The molecule has 1 aliphatic heterocycles. The number of halogens is 2. The van der Waals surface area contributed by atoms with Crippen LogP contribution < -0.4 is 0 Å². The number of aliphatic hydroxyl groups is 1. The molecule has 2 rings (SSSR count). The van der Waals surface area contributed by atoms with Crippen LogP contribution in [0.4, 0.5) is 0 Å². The van der Waals surface area contributed by atoms with Crippen LogP contribution in [0.3, 0.4) is 0 Å². The zero-order chi connectivity index (χ0) is 13.5. The summed E-state index contributed by atoms with van der Waals surface area (Å²) in [5.41, 5.74) is 0. The molecule has 1 aliphatic rings. The minimum atomic E-state index is -3.56. The van der Waals surface area contributed by atoms with Gasteiger partial charge < -0.3 is 5.11 Å². The maximum absolute atomic E-state index is 12.5. The maximum atomic E-state index is 12.5. The Morgan fingerprint density at radius 1 is 1.67 bits per heavy atom. The van der Waals surface area contributed by atoms with Crippen molar-refractivity contribution < 1.29 is 13.5 Å². The van der Waals surface area contributed by atoms with E-state index in [2.05, 4.69) is 15.9 Å². The lowest BCUT2D eigenvalue weighted by Crippen LogP contribution is -2.39. The molecule has 0 aliphatic carbocycles. The molecular formula is C10H13BrClNO3S2. The van der Waals surface area contributed by atoms with Gasteiger partial charge in [0, 0.05) is 6.54 Å². The molecule has 1 N–H and O–H groups in total. The summed E-state index contributed by atoms with van der Waals surface area (Å²) < 4.78 is 27.1. The van der Waals surface area contributed by atoms with Crippen molar-refractivity contribution in [3.8, 4) is 0 Å². The highest BCUT2D eigenvalue weighted by Gasteiger charge is 2.40. The Balaban J connectivity index is 2.37. The quantitative estimate of drug-likeness (QED) is 0.884. The van der Waals surface area contributed by atoms with E-state index in [1.807, 2.05) is 6.92 Å². The predicted octanol–water partition coefficient (Wildman–Crippen LogP) is 2.56. The molecule has 102 valence electrons. The van der Waals surface area contributed by atoms with Gasteiger partial charge in [-0.1, -0.05) is 18.5 Å². The van der Waals surface area contributed by atoms with Crippen LogP contribution in [0, 0.1) is 5.92 Å². The topological polar surface area (TPSA) is 57.6 Å². The maximum Gasteiger partial charge on any atom is 0.252 e. The summed E-state index contributed by atoms with van der Waals surface area (Å²) in [6, 6.07) is 1.11. The molecule has 18 heavy (non-hydrogen) atoms. The molecule has 8 heteroatoms. The lowest BCUT2D eigenvalue weighted by molar-refractivity contribution is 0.191. The molecule has 0 aromatic carbocycles. The number of hydrogen-bond donors (Lipinski definition) is 1. The second-order valence-electron chi connectivity index (χ2n) is 4.32. The number of rotatable bonds is 3. The average Bonchev–Trinajstić information content (AvgIpc) is 2.84. The van der Waals surface area contributed by atoms with Crippen molar-refractivity contribution in [3.63, 3.8) is 0 Å². The number of thiophene rings is 1. The third-order valence-electron chi connectivity index (χ3n) is 3.20. The first kappa shape index (κ1) is 14.7. The zero-order valence-corrected chi connectivity index (χ0v) is 13.6. The van der Waals surface area contributed by atoms with E-state index in [0.717, 1.165) is 17.8 Å². The SMILES string of the molecule is CC1CCN(S(=O)(=O)c2cc(Cl)c(Br)s2)C1CO. The molecule has 0 saturated carbocycles. The standard InChI is InChI=1S/C10H13BrClNO3S2/c1-6-2-3-13(8(6)5-14)18(15,16)9-4-7(12)10(11)17-9/h4,6,8,14H,2-3,5H2,1H3. The Morgan fingerprint density at radius 2 is 2.33 bits per heavy atom. The van der Waals surface area contributed by atoms with Crippen LogP contribution in [0.25, 0.3) is 0 Å². The second-order valence-corrected chi connectivity index (χ2v) is 9.21.